The van der Waals surface area contributed by atoms with E-state index in [1.807, 2.05) is 18.4 Å². The minimum absolute atomic E-state index is 0.00746. The predicted molar refractivity (Wildman–Crippen MR) is 63.6 cm³/mol. The number of carboxylic acid groups (broad SMARTS) is 1. The molecule has 1 aromatic rings. The topological polar surface area (TPSA) is 68.5 Å². The number of aromatic nitrogens is 1. The average molecular weight is 239 g/mol. The molecular weight excluding hydrogens is 222 g/mol. The first-order chi connectivity index (χ1) is 7.93. The molecule has 1 aromatic heterocycles. The van der Waals surface area contributed by atoms with Crippen LogP contribution in [0.5, 0.6) is 5.75 Å². The lowest BCUT2D eigenvalue weighted by Gasteiger charge is -2.17. The van der Waals surface area contributed by atoms with E-state index in [1.54, 1.807) is 13.1 Å². The number of pyridine rings is 1. The molecule has 0 aliphatic heterocycles. The fraction of sp³-hybridized carbons (Fsp3) is 0.500. The molecule has 0 fully saturated rings. The highest BCUT2D eigenvalue weighted by Crippen LogP contribution is 2.16. The van der Waals surface area contributed by atoms with Crippen molar-refractivity contribution in [2.45, 2.75) is 33.2 Å². The highest BCUT2D eigenvalue weighted by atomic mass is 16.5. The summed E-state index contributed by atoms with van der Waals surface area (Å²) in [5.74, 6) is -0.704. The maximum Gasteiger partial charge on any atom is 0.306 e. The van der Waals surface area contributed by atoms with Gasteiger partial charge in [-0.25, -0.2) is 0 Å². The summed E-state index contributed by atoms with van der Waals surface area (Å²) in [6.07, 6.45) is 1.60. The van der Waals surface area contributed by atoms with Crippen molar-refractivity contribution in [3.8, 4) is 5.75 Å². The maximum atomic E-state index is 11.6. The van der Waals surface area contributed by atoms with Gasteiger partial charge in [-0.15, -0.1) is 0 Å². The van der Waals surface area contributed by atoms with Gasteiger partial charge < -0.3 is 14.4 Å². The van der Waals surface area contributed by atoms with Gasteiger partial charge in [0.15, 0.2) is 5.75 Å². The summed E-state index contributed by atoms with van der Waals surface area (Å²) < 4.78 is 7.17. The zero-order valence-electron chi connectivity index (χ0n) is 10.3. The van der Waals surface area contributed by atoms with Crippen LogP contribution in [0.25, 0.3) is 0 Å². The molecule has 1 rings (SSSR count). The van der Waals surface area contributed by atoms with Crippen LogP contribution in [0, 0.1) is 6.92 Å². The standard InChI is InChI=1S/C12H17NO4/c1-8(2)13-6-4-10(14)12(9(13)3)17-7-5-11(15)16/h4,6,8H,5,7H2,1-3H3,(H,15,16). The van der Waals surface area contributed by atoms with Gasteiger partial charge in [0.25, 0.3) is 0 Å². The summed E-state index contributed by atoms with van der Waals surface area (Å²) in [6, 6.07) is 1.65. The third-order valence-corrected chi connectivity index (χ3v) is 2.44. The van der Waals surface area contributed by atoms with Crippen LogP contribution in [0.2, 0.25) is 0 Å². The molecule has 0 unspecified atom stereocenters. The van der Waals surface area contributed by atoms with Crippen LogP contribution in [0.1, 0.15) is 32.0 Å². The van der Waals surface area contributed by atoms with Crippen LogP contribution in [0.15, 0.2) is 17.1 Å². The number of aliphatic carboxylic acids is 1. The fourth-order valence-corrected chi connectivity index (χ4v) is 1.61. The van der Waals surface area contributed by atoms with Crippen LogP contribution in [-0.2, 0) is 4.79 Å². The van der Waals surface area contributed by atoms with Crippen molar-refractivity contribution in [1.29, 1.82) is 0 Å². The minimum Gasteiger partial charge on any atom is -0.487 e. The molecule has 0 aliphatic carbocycles. The lowest BCUT2D eigenvalue weighted by atomic mass is 10.2. The van der Waals surface area contributed by atoms with Gasteiger partial charge in [-0.05, 0) is 20.8 Å². The Labute approximate surface area is 99.6 Å². The molecule has 0 bridgehead atoms. The van der Waals surface area contributed by atoms with Crippen molar-refractivity contribution in [3.63, 3.8) is 0 Å². The second-order valence-corrected chi connectivity index (χ2v) is 4.09. The molecule has 0 atom stereocenters. The third-order valence-electron chi connectivity index (χ3n) is 2.44. The molecule has 0 saturated carbocycles. The molecule has 5 nitrogen and oxygen atoms in total. The summed E-state index contributed by atoms with van der Waals surface area (Å²) in [4.78, 5) is 22.0. The Balaban J connectivity index is 2.94. The molecule has 0 radical (unpaired) electrons. The van der Waals surface area contributed by atoms with E-state index in [-0.39, 0.29) is 30.2 Å². The summed E-state index contributed by atoms with van der Waals surface area (Å²) in [6.45, 7) is 5.79. The normalized spacial score (nSPS) is 10.6. The molecular formula is C12H17NO4. The van der Waals surface area contributed by atoms with E-state index in [9.17, 15) is 9.59 Å². The molecule has 5 heteroatoms. The Hall–Kier alpha value is -1.78. The van der Waals surface area contributed by atoms with E-state index in [2.05, 4.69) is 0 Å². The largest absolute Gasteiger partial charge is 0.487 e. The van der Waals surface area contributed by atoms with Gasteiger partial charge in [-0.2, -0.15) is 0 Å². The third kappa shape index (κ3) is 3.34. The summed E-state index contributed by atoms with van der Waals surface area (Å²) in [5.41, 5.74) is 0.502. The summed E-state index contributed by atoms with van der Waals surface area (Å²) >= 11 is 0. The van der Waals surface area contributed by atoms with Crippen molar-refractivity contribution in [1.82, 2.24) is 4.57 Å². The Kier molecular flexibility index (Phi) is 4.31. The molecule has 0 spiro atoms. The zero-order valence-corrected chi connectivity index (χ0v) is 10.3. The second kappa shape index (κ2) is 5.52. The molecule has 1 N–H and O–H groups in total. The molecule has 0 aliphatic rings. The van der Waals surface area contributed by atoms with Crippen molar-refractivity contribution in [3.05, 3.63) is 28.2 Å². The average Bonchev–Trinajstić information content (AvgIpc) is 2.21. The van der Waals surface area contributed by atoms with Crippen LogP contribution in [0.3, 0.4) is 0 Å². The van der Waals surface area contributed by atoms with Gasteiger partial charge in [-0.1, -0.05) is 0 Å². The molecule has 17 heavy (non-hydrogen) atoms. The number of carboxylic acids is 1. The number of nitrogens with zero attached hydrogens (tertiary/aromatic N) is 1. The highest BCUT2D eigenvalue weighted by molar-refractivity contribution is 5.66. The van der Waals surface area contributed by atoms with Crippen LogP contribution in [-0.4, -0.2) is 22.2 Å². The monoisotopic (exact) mass is 239 g/mol. The van der Waals surface area contributed by atoms with Gasteiger partial charge in [-0.3, -0.25) is 9.59 Å². The number of ether oxygens (including phenoxy) is 1. The van der Waals surface area contributed by atoms with Crippen LogP contribution >= 0.6 is 0 Å². The quantitative estimate of drug-likeness (QED) is 0.847. The molecule has 0 amide bonds. The number of hydrogen-bond donors (Lipinski definition) is 1. The first-order valence-electron chi connectivity index (χ1n) is 5.49. The Morgan fingerprint density at radius 1 is 1.53 bits per heavy atom. The minimum atomic E-state index is -0.942. The zero-order chi connectivity index (χ0) is 13.0. The van der Waals surface area contributed by atoms with Crippen LogP contribution in [0.4, 0.5) is 0 Å². The van der Waals surface area contributed by atoms with Gasteiger partial charge in [0, 0.05) is 18.3 Å². The van der Waals surface area contributed by atoms with Crippen molar-refractivity contribution in [2.24, 2.45) is 0 Å². The lowest BCUT2D eigenvalue weighted by molar-refractivity contribution is -0.137. The molecule has 1 heterocycles. The van der Waals surface area contributed by atoms with Gasteiger partial charge in [0.2, 0.25) is 5.43 Å². The second-order valence-electron chi connectivity index (χ2n) is 4.09. The van der Waals surface area contributed by atoms with Gasteiger partial charge >= 0.3 is 5.97 Å². The molecule has 94 valence electrons. The molecule has 0 saturated heterocycles. The lowest BCUT2D eigenvalue weighted by Crippen LogP contribution is -2.17. The fourth-order valence-electron chi connectivity index (χ4n) is 1.61. The Morgan fingerprint density at radius 2 is 2.18 bits per heavy atom. The van der Waals surface area contributed by atoms with Gasteiger partial charge in [0.05, 0.1) is 18.7 Å². The highest BCUT2D eigenvalue weighted by Gasteiger charge is 2.10. The van der Waals surface area contributed by atoms with Crippen LogP contribution < -0.4 is 10.2 Å². The molecule has 0 aromatic carbocycles. The van der Waals surface area contributed by atoms with Gasteiger partial charge in [0.1, 0.15) is 0 Å². The van der Waals surface area contributed by atoms with E-state index >= 15 is 0 Å². The Morgan fingerprint density at radius 3 is 2.71 bits per heavy atom. The van der Waals surface area contributed by atoms with E-state index in [0.717, 1.165) is 5.69 Å². The first-order valence-corrected chi connectivity index (χ1v) is 5.49. The number of carbonyl (C=O) groups is 1. The van der Waals surface area contributed by atoms with Crippen molar-refractivity contribution in [2.75, 3.05) is 6.61 Å². The Bertz CT molecular complexity index is 462. The van der Waals surface area contributed by atoms with E-state index in [4.69, 9.17) is 9.84 Å². The number of rotatable bonds is 5. The van der Waals surface area contributed by atoms with Crippen molar-refractivity contribution < 1.29 is 14.6 Å². The van der Waals surface area contributed by atoms with Crippen molar-refractivity contribution >= 4 is 5.97 Å². The smallest absolute Gasteiger partial charge is 0.306 e. The summed E-state index contributed by atoms with van der Waals surface area (Å²) in [5, 5.41) is 8.51. The number of hydrogen-bond acceptors (Lipinski definition) is 3. The van der Waals surface area contributed by atoms with E-state index in [1.165, 1.54) is 6.07 Å². The predicted octanol–water partition coefficient (Wildman–Crippen LogP) is 1.59. The van der Waals surface area contributed by atoms with E-state index in [0.29, 0.717) is 0 Å². The first kappa shape index (κ1) is 13.3. The maximum absolute atomic E-state index is 11.6. The summed E-state index contributed by atoms with van der Waals surface area (Å²) in [7, 11) is 0. The SMILES string of the molecule is Cc1c(OCCC(=O)O)c(=O)ccn1C(C)C. The van der Waals surface area contributed by atoms with E-state index < -0.39 is 5.97 Å².